The molecule has 0 spiro atoms. The van der Waals surface area contributed by atoms with Gasteiger partial charge in [-0.1, -0.05) is 82.3 Å². The van der Waals surface area contributed by atoms with Crippen molar-refractivity contribution in [2.45, 2.75) is 55.4 Å². The van der Waals surface area contributed by atoms with Crippen molar-refractivity contribution in [2.24, 2.45) is 10.2 Å². The Morgan fingerprint density at radius 2 is 1.29 bits per heavy atom. The molecule has 0 atom stereocenters. The quantitative estimate of drug-likeness (QED) is 0.155. The summed E-state index contributed by atoms with van der Waals surface area (Å²) >= 11 is 3.16. The molecule has 0 aliphatic carbocycles. The molecule has 0 bridgehead atoms. The highest BCUT2D eigenvalue weighted by atomic mass is 32.1. The number of para-hydroxylation sites is 2. The number of hydrogen-bond acceptors (Lipinski definition) is 10. The third-order valence-corrected chi connectivity index (χ3v) is 11.7. The van der Waals surface area contributed by atoms with Gasteiger partial charge in [-0.05, 0) is 120 Å². The predicted octanol–water partition coefficient (Wildman–Crippen LogP) is 13.1. The van der Waals surface area contributed by atoms with Gasteiger partial charge in [0, 0.05) is 5.69 Å². The maximum atomic E-state index is 10.3. The van der Waals surface area contributed by atoms with Gasteiger partial charge in [0.2, 0.25) is 5.13 Å². The largest absolute Gasteiger partial charge is 0.353 e. The number of rotatable bonds is 8. The minimum absolute atomic E-state index is 0.332. The van der Waals surface area contributed by atoms with Gasteiger partial charge in [-0.2, -0.15) is 15.0 Å². The van der Waals surface area contributed by atoms with Crippen molar-refractivity contribution in [2.75, 3.05) is 10.2 Å². The summed E-state index contributed by atoms with van der Waals surface area (Å²) in [4.78, 5) is 12.2. The van der Waals surface area contributed by atoms with Crippen molar-refractivity contribution in [3.63, 3.8) is 0 Å². The summed E-state index contributed by atoms with van der Waals surface area (Å²) in [5.41, 5.74) is 15.0. The standard InChI is InChI=1S/C44H39N9S2/c1-24-17-26(3)39(27(4)18-24)46-36-22-32(52(41-29(6)19-25(2)20-30(41)7)43-47-34-13-9-11-15-37(34)54-43)21-28(5)40(36)49-50-42-33(23-45)31(8)51-53(42)44-48-35-14-10-12-16-38(35)55-44/h9-22,46H,1-8H3. The number of nitrogens with one attached hydrogen (secondary N) is 1. The molecule has 8 rings (SSSR count). The molecule has 11 heteroatoms. The molecule has 1 N–H and O–H groups in total. The topological polar surface area (TPSA) is 107 Å². The number of aromatic nitrogens is 4. The van der Waals surface area contributed by atoms with Gasteiger partial charge >= 0.3 is 0 Å². The van der Waals surface area contributed by atoms with Crippen molar-refractivity contribution in [1.82, 2.24) is 19.7 Å². The second-order valence-corrected chi connectivity index (χ2v) is 16.1. The van der Waals surface area contributed by atoms with E-state index in [-0.39, 0.29) is 0 Å². The molecule has 3 heterocycles. The lowest BCUT2D eigenvalue weighted by Crippen LogP contribution is -2.13. The Kier molecular flexibility index (Phi) is 9.25. The Labute approximate surface area is 328 Å². The number of nitriles is 1. The molecular formula is C44H39N9S2. The number of fused-ring (bicyclic) bond motifs is 2. The van der Waals surface area contributed by atoms with Gasteiger partial charge in [0.05, 0.1) is 43.2 Å². The number of hydrogen-bond donors (Lipinski definition) is 1. The molecule has 0 aliphatic rings. The SMILES string of the molecule is Cc1cc(C)c(Nc2cc(N(c3nc4ccccc4s3)c3c(C)cc(C)cc3C)cc(C)c2N=Nc2c(C#N)c(C)nn2-c2nc3ccccc3s2)c(C)c1. The minimum Gasteiger partial charge on any atom is -0.353 e. The number of anilines is 5. The van der Waals surface area contributed by atoms with Crippen LogP contribution in [0.15, 0.2) is 95.2 Å². The van der Waals surface area contributed by atoms with Crippen LogP contribution in [0, 0.1) is 66.7 Å². The average Bonchev–Trinajstić information content (AvgIpc) is 3.85. The highest BCUT2D eigenvalue weighted by molar-refractivity contribution is 7.22. The van der Waals surface area contributed by atoms with Crippen molar-refractivity contribution in [1.29, 1.82) is 5.26 Å². The zero-order valence-electron chi connectivity index (χ0n) is 32.0. The normalized spacial score (nSPS) is 11.5. The Balaban J connectivity index is 1.34. The van der Waals surface area contributed by atoms with E-state index in [1.807, 2.05) is 44.2 Å². The Bertz CT molecular complexity index is 2760. The average molecular weight is 758 g/mol. The molecule has 0 unspecified atom stereocenters. The lowest BCUT2D eigenvalue weighted by atomic mass is 10.0. The number of nitrogens with zero attached hydrogens (tertiary/aromatic N) is 8. The van der Waals surface area contributed by atoms with Gasteiger partial charge < -0.3 is 5.32 Å². The van der Waals surface area contributed by atoms with Crippen LogP contribution < -0.4 is 10.2 Å². The van der Waals surface area contributed by atoms with Gasteiger partial charge in [0.15, 0.2) is 10.9 Å². The smallest absolute Gasteiger partial charge is 0.213 e. The van der Waals surface area contributed by atoms with E-state index < -0.39 is 0 Å². The van der Waals surface area contributed by atoms with Crippen LogP contribution in [0.2, 0.25) is 0 Å². The summed E-state index contributed by atoms with van der Waals surface area (Å²) in [5, 5.41) is 30.0. The van der Waals surface area contributed by atoms with Crippen LogP contribution in [0.1, 0.15) is 50.2 Å². The molecular weight excluding hydrogens is 719 g/mol. The van der Waals surface area contributed by atoms with E-state index in [1.165, 1.54) is 22.5 Å². The molecule has 0 fully saturated rings. The molecule has 0 radical (unpaired) electrons. The summed E-state index contributed by atoms with van der Waals surface area (Å²) in [7, 11) is 0. The van der Waals surface area contributed by atoms with E-state index in [9.17, 15) is 5.26 Å². The third kappa shape index (κ3) is 6.64. The van der Waals surface area contributed by atoms with E-state index in [2.05, 4.69) is 112 Å². The first kappa shape index (κ1) is 35.8. The van der Waals surface area contributed by atoms with Gasteiger partial charge in [0.25, 0.3) is 0 Å². The Morgan fingerprint density at radius 3 is 1.91 bits per heavy atom. The first-order valence-electron chi connectivity index (χ1n) is 18.0. The van der Waals surface area contributed by atoms with E-state index in [4.69, 9.17) is 25.3 Å². The molecule has 0 saturated carbocycles. The Morgan fingerprint density at radius 1 is 0.691 bits per heavy atom. The van der Waals surface area contributed by atoms with E-state index in [0.717, 1.165) is 76.1 Å². The molecule has 3 aromatic heterocycles. The van der Waals surface area contributed by atoms with Gasteiger partial charge in [-0.3, -0.25) is 4.90 Å². The van der Waals surface area contributed by atoms with Gasteiger partial charge in [-0.15, -0.1) is 10.2 Å². The zero-order chi connectivity index (χ0) is 38.5. The molecule has 0 amide bonds. The number of aryl methyl sites for hydroxylation is 8. The zero-order valence-corrected chi connectivity index (χ0v) is 33.6. The van der Waals surface area contributed by atoms with Crippen LogP contribution in [-0.4, -0.2) is 19.7 Å². The van der Waals surface area contributed by atoms with Crippen LogP contribution in [-0.2, 0) is 0 Å². The van der Waals surface area contributed by atoms with Crippen molar-refractivity contribution in [3.05, 3.63) is 135 Å². The van der Waals surface area contributed by atoms with Crippen LogP contribution in [0.3, 0.4) is 0 Å². The minimum atomic E-state index is 0.332. The Hall–Kier alpha value is -6.22. The first-order valence-corrected chi connectivity index (χ1v) is 19.6. The molecule has 5 aromatic carbocycles. The number of azo groups is 1. The molecule has 9 nitrogen and oxygen atoms in total. The molecule has 8 aromatic rings. The van der Waals surface area contributed by atoms with E-state index in [0.29, 0.717) is 27.9 Å². The summed E-state index contributed by atoms with van der Waals surface area (Å²) < 4.78 is 3.76. The summed E-state index contributed by atoms with van der Waals surface area (Å²) in [5.74, 6) is 0.332. The highest BCUT2D eigenvalue weighted by Crippen LogP contribution is 2.46. The molecule has 0 saturated heterocycles. The lowest BCUT2D eigenvalue weighted by Gasteiger charge is -2.28. The van der Waals surface area contributed by atoms with Crippen LogP contribution >= 0.6 is 22.7 Å². The van der Waals surface area contributed by atoms with E-state index >= 15 is 0 Å². The van der Waals surface area contributed by atoms with Crippen LogP contribution in [0.5, 0.6) is 0 Å². The molecule has 0 aliphatic heterocycles. The number of thiazole rings is 2. The maximum Gasteiger partial charge on any atom is 0.213 e. The lowest BCUT2D eigenvalue weighted by molar-refractivity contribution is 0.848. The van der Waals surface area contributed by atoms with Crippen molar-refractivity contribution < 1.29 is 0 Å². The van der Waals surface area contributed by atoms with E-state index in [1.54, 1.807) is 16.0 Å². The van der Waals surface area contributed by atoms with Crippen LogP contribution in [0.25, 0.3) is 25.6 Å². The highest BCUT2D eigenvalue weighted by Gasteiger charge is 2.24. The molecule has 272 valence electrons. The van der Waals surface area contributed by atoms with Crippen molar-refractivity contribution >= 4 is 82.5 Å². The second kappa shape index (κ2) is 14.2. The summed E-state index contributed by atoms with van der Waals surface area (Å²) in [6.07, 6.45) is 0. The predicted molar refractivity (Wildman–Crippen MR) is 228 cm³/mol. The first-order chi connectivity index (χ1) is 26.5. The fourth-order valence-corrected chi connectivity index (χ4v) is 9.28. The van der Waals surface area contributed by atoms with Crippen LogP contribution in [0.4, 0.5) is 39.4 Å². The fraction of sp³-hybridized carbons (Fsp3) is 0.182. The van der Waals surface area contributed by atoms with Crippen molar-refractivity contribution in [3.8, 4) is 11.2 Å². The monoisotopic (exact) mass is 757 g/mol. The third-order valence-electron chi connectivity index (χ3n) is 9.67. The fourth-order valence-electron chi connectivity index (χ4n) is 7.37. The van der Waals surface area contributed by atoms with Gasteiger partial charge in [-0.25, -0.2) is 9.97 Å². The molecule has 55 heavy (non-hydrogen) atoms. The van der Waals surface area contributed by atoms with Gasteiger partial charge in [0.1, 0.15) is 17.3 Å². The maximum absolute atomic E-state index is 10.3. The second-order valence-electron chi connectivity index (χ2n) is 14.1. The number of benzene rings is 5. The summed E-state index contributed by atoms with van der Waals surface area (Å²) in [6, 6.07) is 31.6. The summed E-state index contributed by atoms with van der Waals surface area (Å²) in [6.45, 7) is 16.6.